The predicted molar refractivity (Wildman–Crippen MR) is 79.0 cm³/mol. The first-order valence-corrected chi connectivity index (χ1v) is 7.07. The van der Waals surface area contributed by atoms with Gasteiger partial charge in [0.1, 0.15) is 5.75 Å². The number of halogens is 1. The molecule has 0 saturated carbocycles. The summed E-state index contributed by atoms with van der Waals surface area (Å²) in [7, 11) is 1.55. The number of hydrogen-bond donors (Lipinski definition) is 1. The van der Waals surface area contributed by atoms with Crippen LogP contribution in [0.4, 0.5) is 0 Å². The summed E-state index contributed by atoms with van der Waals surface area (Å²) in [6.45, 7) is 2.82. The number of rotatable bonds is 8. The van der Waals surface area contributed by atoms with Crippen molar-refractivity contribution in [2.75, 3.05) is 13.7 Å². The van der Waals surface area contributed by atoms with E-state index in [1.807, 2.05) is 0 Å². The molecule has 2 N–H and O–H groups in total. The fourth-order valence-electron chi connectivity index (χ4n) is 2.10. The Labute approximate surface area is 120 Å². The summed E-state index contributed by atoms with van der Waals surface area (Å²) < 4.78 is 5.12. The van der Waals surface area contributed by atoms with Crippen LogP contribution in [0.25, 0.3) is 0 Å². The van der Waals surface area contributed by atoms with Crippen LogP contribution >= 0.6 is 11.6 Å². The van der Waals surface area contributed by atoms with Gasteiger partial charge in [0, 0.05) is 12.0 Å². The van der Waals surface area contributed by atoms with Gasteiger partial charge < -0.3 is 10.5 Å². The van der Waals surface area contributed by atoms with Gasteiger partial charge in [0.15, 0.2) is 5.78 Å². The van der Waals surface area contributed by atoms with E-state index in [1.54, 1.807) is 25.3 Å². The first-order chi connectivity index (χ1) is 9.12. The van der Waals surface area contributed by atoms with E-state index in [0.29, 0.717) is 35.2 Å². The van der Waals surface area contributed by atoms with Crippen molar-refractivity contribution in [3.05, 3.63) is 28.8 Å². The number of Topliss-reactive ketones (excluding diaryl/α,β-unsaturated/α-hetero) is 1. The van der Waals surface area contributed by atoms with Gasteiger partial charge in [-0.2, -0.15) is 0 Å². The largest absolute Gasteiger partial charge is 0.495 e. The van der Waals surface area contributed by atoms with Gasteiger partial charge in [0.05, 0.1) is 12.1 Å². The summed E-state index contributed by atoms with van der Waals surface area (Å²) in [5, 5.41) is 0.522. The predicted octanol–water partition coefficient (Wildman–Crippen LogP) is 3.69. The number of ether oxygens (including phenoxy) is 1. The minimum Gasteiger partial charge on any atom is -0.495 e. The molecule has 0 fully saturated rings. The number of nitrogens with two attached hydrogens (primary N) is 1. The van der Waals surface area contributed by atoms with Crippen LogP contribution in [0.3, 0.4) is 0 Å². The smallest absolute Gasteiger partial charge is 0.163 e. The van der Waals surface area contributed by atoms with Crippen LogP contribution in [0.15, 0.2) is 18.2 Å². The molecule has 106 valence electrons. The summed E-state index contributed by atoms with van der Waals surface area (Å²) >= 11 is 5.94. The number of ketones is 1. The molecule has 0 bridgehead atoms. The quantitative estimate of drug-likeness (QED) is 0.740. The Kier molecular flexibility index (Phi) is 6.89. The van der Waals surface area contributed by atoms with E-state index in [4.69, 9.17) is 22.1 Å². The van der Waals surface area contributed by atoms with Crippen LogP contribution in [0.2, 0.25) is 5.02 Å². The zero-order valence-electron chi connectivity index (χ0n) is 11.6. The second-order valence-corrected chi connectivity index (χ2v) is 5.07. The first-order valence-electron chi connectivity index (χ1n) is 6.69. The van der Waals surface area contributed by atoms with Crippen molar-refractivity contribution in [3.63, 3.8) is 0 Å². The molecule has 1 unspecified atom stereocenters. The maximum Gasteiger partial charge on any atom is 0.163 e. The normalized spacial score (nSPS) is 12.2. The van der Waals surface area contributed by atoms with Crippen molar-refractivity contribution < 1.29 is 9.53 Å². The van der Waals surface area contributed by atoms with Crippen molar-refractivity contribution in [3.8, 4) is 5.75 Å². The van der Waals surface area contributed by atoms with Gasteiger partial charge in [-0.3, -0.25) is 4.79 Å². The molecule has 1 aromatic carbocycles. The number of benzene rings is 1. The third-order valence-corrected chi connectivity index (χ3v) is 3.72. The highest BCUT2D eigenvalue weighted by atomic mass is 35.5. The molecule has 0 aliphatic heterocycles. The second kappa shape index (κ2) is 8.18. The van der Waals surface area contributed by atoms with Gasteiger partial charge >= 0.3 is 0 Å². The van der Waals surface area contributed by atoms with Crippen LogP contribution in [-0.2, 0) is 0 Å². The lowest BCUT2D eigenvalue weighted by molar-refractivity contribution is 0.0972. The molecule has 1 aromatic rings. The van der Waals surface area contributed by atoms with Gasteiger partial charge in [-0.15, -0.1) is 0 Å². The Morgan fingerprint density at radius 1 is 1.42 bits per heavy atom. The maximum atomic E-state index is 12.1. The summed E-state index contributed by atoms with van der Waals surface area (Å²) in [5.74, 6) is 1.20. The van der Waals surface area contributed by atoms with Crippen LogP contribution in [0.1, 0.15) is 43.0 Å². The highest BCUT2D eigenvalue weighted by Gasteiger charge is 2.12. The molecule has 0 radical (unpaired) electrons. The molecule has 0 spiro atoms. The lowest BCUT2D eigenvalue weighted by Crippen LogP contribution is -2.10. The average molecular weight is 284 g/mol. The number of carbonyl (C=O) groups excluding carboxylic acids is 1. The summed E-state index contributed by atoms with van der Waals surface area (Å²) in [5.41, 5.74) is 6.22. The lowest BCUT2D eigenvalue weighted by Gasteiger charge is -2.13. The van der Waals surface area contributed by atoms with Crippen molar-refractivity contribution in [1.82, 2.24) is 0 Å². The van der Waals surface area contributed by atoms with Crippen LogP contribution in [0, 0.1) is 5.92 Å². The number of hydrogen-bond acceptors (Lipinski definition) is 3. The lowest BCUT2D eigenvalue weighted by atomic mass is 9.94. The molecule has 1 atom stereocenters. The fraction of sp³-hybridized carbons (Fsp3) is 0.533. The van der Waals surface area contributed by atoms with Crippen LogP contribution in [0.5, 0.6) is 5.75 Å². The molecular weight excluding hydrogens is 262 g/mol. The highest BCUT2D eigenvalue weighted by molar-refractivity contribution is 6.32. The molecule has 0 amide bonds. The van der Waals surface area contributed by atoms with Gasteiger partial charge in [-0.05, 0) is 43.5 Å². The topological polar surface area (TPSA) is 52.3 Å². The summed E-state index contributed by atoms with van der Waals surface area (Å²) in [4.78, 5) is 12.1. The minimum atomic E-state index is 0.130. The zero-order valence-corrected chi connectivity index (χ0v) is 12.4. The molecule has 0 heterocycles. The maximum absolute atomic E-state index is 12.1. The van der Waals surface area contributed by atoms with Crippen LogP contribution in [-0.4, -0.2) is 19.4 Å². The van der Waals surface area contributed by atoms with Gasteiger partial charge in [-0.1, -0.05) is 24.9 Å². The third kappa shape index (κ3) is 4.84. The average Bonchev–Trinajstić information content (AvgIpc) is 2.43. The van der Waals surface area contributed by atoms with E-state index >= 15 is 0 Å². The zero-order chi connectivity index (χ0) is 14.3. The van der Waals surface area contributed by atoms with Gasteiger partial charge in [-0.25, -0.2) is 0 Å². The van der Waals surface area contributed by atoms with E-state index in [-0.39, 0.29) is 5.78 Å². The van der Waals surface area contributed by atoms with Crippen molar-refractivity contribution in [2.45, 2.75) is 32.6 Å². The monoisotopic (exact) mass is 283 g/mol. The third-order valence-electron chi connectivity index (χ3n) is 3.41. The Morgan fingerprint density at radius 3 is 2.74 bits per heavy atom. The molecule has 4 heteroatoms. The molecule has 1 rings (SSSR count). The van der Waals surface area contributed by atoms with E-state index in [1.165, 1.54) is 0 Å². The molecule has 0 saturated heterocycles. The van der Waals surface area contributed by atoms with E-state index < -0.39 is 0 Å². The Bertz CT molecular complexity index is 421. The molecule has 0 aromatic heterocycles. The Morgan fingerprint density at radius 2 is 2.16 bits per heavy atom. The summed E-state index contributed by atoms with van der Waals surface area (Å²) in [6, 6.07) is 5.15. The standard InChI is InChI=1S/C15H22ClNO2/c1-3-11(8-9-17)4-7-14(18)12-5-6-13(16)15(10-12)19-2/h5-6,10-11H,3-4,7-9,17H2,1-2H3. The SMILES string of the molecule is CCC(CCN)CCC(=O)c1ccc(Cl)c(OC)c1. The molecular formula is C15H22ClNO2. The molecule has 0 aliphatic rings. The highest BCUT2D eigenvalue weighted by Crippen LogP contribution is 2.26. The van der Waals surface area contributed by atoms with E-state index in [0.717, 1.165) is 19.3 Å². The summed E-state index contributed by atoms with van der Waals surface area (Å²) in [6.07, 6.45) is 3.48. The fourth-order valence-corrected chi connectivity index (χ4v) is 2.30. The van der Waals surface area contributed by atoms with E-state index in [9.17, 15) is 4.79 Å². The Hall–Kier alpha value is -1.06. The number of methoxy groups -OCH3 is 1. The van der Waals surface area contributed by atoms with Crippen molar-refractivity contribution in [1.29, 1.82) is 0 Å². The van der Waals surface area contributed by atoms with E-state index in [2.05, 4.69) is 6.92 Å². The van der Waals surface area contributed by atoms with Gasteiger partial charge in [0.2, 0.25) is 0 Å². The Balaban J connectivity index is 2.62. The number of carbonyl (C=O) groups is 1. The van der Waals surface area contributed by atoms with Crippen LogP contribution < -0.4 is 10.5 Å². The minimum absolute atomic E-state index is 0.130. The molecule has 19 heavy (non-hydrogen) atoms. The van der Waals surface area contributed by atoms with Crippen molar-refractivity contribution >= 4 is 17.4 Å². The second-order valence-electron chi connectivity index (χ2n) is 4.66. The van der Waals surface area contributed by atoms with Crippen molar-refractivity contribution in [2.24, 2.45) is 11.7 Å². The first kappa shape index (κ1) is 16.0. The molecule has 3 nitrogen and oxygen atoms in total. The molecule has 0 aliphatic carbocycles. The van der Waals surface area contributed by atoms with Gasteiger partial charge in [0.25, 0.3) is 0 Å².